The number of ether oxygens (including phenoxy) is 2. The third kappa shape index (κ3) is 4.12. The number of rotatable bonds is 6. The summed E-state index contributed by atoms with van der Waals surface area (Å²) in [4.78, 5) is 0. The zero-order chi connectivity index (χ0) is 12.8. The molecule has 0 radical (unpaired) electrons. The molecule has 96 valence electrons. The zero-order valence-corrected chi connectivity index (χ0v) is 10.8. The molecule has 17 heavy (non-hydrogen) atoms. The van der Waals surface area contributed by atoms with Gasteiger partial charge >= 0.3 is 0 Å². The summed E-state index contributed by atoms with van der Waals surface area (Å²) in [5.74, 6) is 0.566. The van der Waals surface area contributed by atoms with Gasteiger partial charge in [-0.3, -0.25) is 0 Å². The number of hydrogen-bond acceptors (Lipinski definition) is 3. The maximum Gasteiger partial charge on any atom is 0.272 e. The molecule has 0 aliphatic heterocycles. The standard InChI is InChI=1S/C11H13BrF2O3/c1-2-16-9-4-7(5-15)3-8(12)11(9)17-6-10(13)14/h3-4,10,15H,2,5-6H2,1H3. The highest BCUT2D eigenvalue weighted by molar-refractivity contribution is 9.10. The number of alkyl halides is 2. The van der Waals surface area contributed by atoms with Crippen molar-refractivity contribution >= 4 is 15.9 Å². The zero-order valence-electron chi connectivity index (χ0n) is 9.25. The summed E-state index contributed by atoms with van der Waals surface area (Å²) in [6.45, 7) is 1.30. The molecule has 0 fully saturated rings. The first-order chi connectivity index (χ1) is 8.08. The van der Waals surface area contributed by atoms with Crippen LogP contribution in [0.15, 0.2) is 16.6 Å². The second kappa shape index (κ2) is 6.76. The molecule has 6 heteroatoms. The Bertz CT molecular complexity index is 372. The fraction of sp³-hybridized carbons (Fsp3) is 0.455. The largest absolute Gasteiger partial charge is 0.490 e. The first-order valence-electron chi connectivity index (χ1n) is 5.05. The van der Waals surface area contributed by atoms with Gasteiger partial charge in [0, 0.05) is 0 Å². The number of hydrogen-bond donors (Lipinski definition) is 1. The van der Waals surface area contributed by atoms with E-state index in [-0.39, 0.29) is 12.4 Å². The molecular formula is C11H13BrF2O3. The summed E-state index contributed by atoms with van der Waals surface area (Å²) in [6, 6.07) is 3.17. The maximum atomic E-state index is 12.1. The van der Waals surface area contributed by atoms with Crippen molar-refractivity contribution in [1.82, 2.24) is 0 Å². The van der Waals surface area contributed by atoms with E-state index in [1.807, 2.05) is 0 Å². The Morgan fingerprint density at radius 2 is 2.06 bits per heavy atom. The van der Waals surface area contributed by atoms with Crippen LogP contribution in [-0.4, -0.2) is 24.7 Å². The van der Waals surface area contributed by atoms with Gasteiger partial charge in [-0.05, 0) is 40.5 Å². The molecule has 0 saturated carbocycles. The quantitative estimate of drug-likeness (QED) is 0.878. The van der Waals surface area contributed by atoms with Crippen LogP contribution in [0.4, 0.5) is 8.78 Å². The van der Waals surface area contributed by atoms with Gasteiger partial charge in [0.1, 0.15) is 6.61 Å². The van der Waals surface area contributed by atoms with E-state index in [1.54, 1.807) is 19.1 Å². The highest BCUT2D eigenvalue weighted by Crippen LogP contribution is 2.37. The molecule has 0 bridgehead atoms. The van der Waals surface area contributed by atoms with E-state index in [9.17, 15) is 8.78 Å². The topological polar surface area (TPSA) is 38.7 Å². The molecule has 0 unspecified atom stereocenters. The van der Waals surface area contributed by atoms with Crippen molar-refractivity contribution in [3.05, 3.63) is 22.2 Å². The first kappa shape index (κ1) is 14.2. The monoisotopic (exact) mass is 310 g/mol. The van der Waals surface area contributed by atoms with Crippen LogP contribution in [0.2, 0.25) is 0 Å². The molecule has 0 saturated heterocycles. The van der Waals surface area contributed by atoms with Crippen molar-refractivity contribution in [1.29, 1.82) is 0 Å². The smallest absolute Gasteiger partial charge is 0.272 e. The van der Waals surface area contributed by atoms with Gasteiger partial charge in [-0.2, -0.15) is 0 Å². The molecule has 1 rings (SSSR count). The predicted octanol–water partition coefficient (Wildman–Crippen LogP) is 2.98. The molecule has 1 aromatic carbocycles. The van der Waals surface area contributed by atoms with Gasteiger partial charge in [-0.1, -0.05) is 0 Å². The van der Waals surface area contributed by atoms with Crippen LogP contribution in [-0.2, 0) is 6.61 Å². The van der Waals surface area contributed by atoms with Crippen molar-refractivity contribution in [2.24, 2.45) is 0 Å². The number of halogens is 3. The van der Waals surface area contributed by atoms with Gasteiger partial charge in [0.2, 0.25) is 0 Å². The molecule has 1 aromatic rings. The van der Waals surface area contributed by atoms with E-state index in [0.717, 1.165) is 0 Å². The average molecular weight is 311 g/mol. The van der Waals surface area contributed by atoms with Crippen LogP contribution in [0, 0.1) is 0 Å². The summed E-state index contributed by atoms with van der Waals surface area (Å²) < 4.78 is 34.9. The van der Waals surface area contributed by atoms with E-state index >= 15 is 0 Å². The van der Waals surface area contributed by atoms with E-state index in [4.69, 9.17) is 14.6 Å². The molecule has 0 heterocycles. The van der Waals surface area contributed by atoms with E-state index < -0.39 is 13.0 Å². The highest BCUT2D eigenvalue weighted by Gasteiger charge is 2.14. The van der Waals surface area contributed by atoms with Crippen LogP contribution < -0.4 is 9.47 Å². The van der Waals surface area contributed by atoms with Crippen molar-refractivity contribution < 1.29 is 23.4 Å². The number of aliphatic hydroxyl groups excluding tert-OH is 1. The Balaban J connectivity index is 2.98. The third-order valence-electron chi connectivity index (χ3n) is 1.91. The normalized spacial score (nSPS) is 10.7. The summed E-state index contributed by atoms with van der Waals surface area (Å²) >= 11 is 3.20. The maximum absolute atomic E-state index is 12.1. The van der Waals surface area contributed by atoms with Gasteiger partial charge < -0.3 is 14.6 Å². The van der Waals surface area contributed by atoms with Crippen LogP contribution in [0.1, 0.15) is 12.5 Å². The number of benzene rings is 1. The number of aliphatic hydroxyl groups is 1. The Hall–Kier alpha value is -0.880. The van der Waals surface area contributed by atoms with Gasteiger partial charge in [0.15, 0.2) is 11.5 Å². The van der Waals surface area contributed by atoms with Gasteiger partial charge in [0.25, 0.3) is 6.43 Å². The lowest BCUT2D eigenvalue weighted by atomic mass is 10.2. The minimum absolute atomic E-state index is 0.159. The SMILES string of the molecule is CCOc1cc(CO)cc(Br)c1OCC(F)F. The Morgan fingerprint density at radius 3 is 2.59 bits per heavy atom. The first-order valence-corrected chi connectivity index (χ1v) is 5.84. The summed E-state index contributed by atoms with van der Waals surface area (Å²) in [5, 5.41) is 9.03. The van der Waals surface area contributed by atoms with E-state index in [2.05, 4.69) is 15.9 Å². The van der Waals surface area contributed by atoms with Crippen molar-refractivity contribution in [3.63, 3.8) is 0 Å². The molecule has 0 amide bonds. The fourth-order valence-electron chi connectivity index (χ4n) is 1.26. The molecule has 0 atom stereocenters. The highest BCUT2D eigenvalue weighted by atomic mass is 79.9. The Morgan fingerprint density at radius 1 is 1.35 bits per heavy atom. The van der Waals surface area contributed by atoms with E-state index in [0.29, 0.717) is 22.4 Å². The Labute approximate surface area is 106 Å². The van der Waals surface area contributed by atoms with Gasteiger partial charge in [0.05, 0.1) is 17.7 Å². The third-order valence-corrected chi connectivity index (χ3v) is 2.49. The lowest BCUT2D eigenvalue weighted by Gasteiger charge is -2.14. The van der Waals surface area contributed by atoms with Crippen LogP contribution in [0.5, 0.6) is 11.5 Å². The second-order valence-electron chi connectivity index (χ2n) is 3.20. The molecule has 0 aliphatic carbocycles. The molecule has 0 aromatic heterocycles. The fourth-order valence-corrected chi connectivity index (χ4v) is 1.87. The molecule has 3 nitrogen and oxygen atoms in total. The molecule has 0 aliphatic rings. The lowest BCUT2D eigenvalue weighted by molar-refractivity contribution is 0.0796. The second-order valence-corrected chi connectivity index (χ2v) is 4.05. The molecule has 0 spiro atoms. The van der Waals surface area contributed by atoms with Gasteiger partial charge in [-0.25, -0.2) is 8.78 Å². The average Bonchev–Trinajstić information content (AvgIpc) is 2.27. The van der Waals surface area contributed by atoms with Crippen molar-refractivity contribution in [2.75, 3.05) is 13.2 Å². The van der Waals surface area contributed by atoms with Crippen molar-refractivity contribution in [2.45, 2.75) is 20.0 Å². The predicted molar refractivity (Wildman–Crippen MR) is 62.7 cm³/mol. The van der Waals surface area contributed by atoms with E-state index in [1.165, 1.54) is 0 Å². The summed E-state index contributed by atoms with van der Waals surface area (Å²) in [7, 11) is 0. The van der Waals surface area contributed by atoms with Crippen LogP contribution in [0.3, 0.4) is 0 Å². The Kier molecular flexibility index (Phi) is 5.64. The molecular weight excluding hydrogens is 298 g/mol. The molecule has 1 N–H and O–H groups in total. The summed E-state index contributed by atoms with van der Waals surface area (Å²) in [5.41, 5.74) is 0.615. The van der Waals surface area contributed by atoms with Crippen LogP contribution in [0.25, 0.3) is 0 Å². The minimum atomic E-state index is -2.55. The summed E-state index contributed by atoms with van der Waals surface area (Å²) in [6.07, 6.45) is -2.55. The lowest BCUT2D eigenvalue weighted by Crippen LogP contribution is -2.09. The minimum Gasteiger partial charge on any atom is -0.490 e. The van der Waals surface area contributed by atoms with Gasteiger partial charge in [-0.15, -0.1) is 0 Å². The van der Waals surface area contributed by atoms with Crippen LogP contribution >= 0.6 is 15.9 Å². The van der Waals surface area contributed by atoms with Crippen molar-refractivity contribution in [3.8, 4) is 11.5 Å².